The van der Waals surface area contributed by atoms with Gasteiger partial charge in [-0.1, -0.05) is 55.9 Å². The molecule has 0 atom stereocenters. The van der Waals surface area contributed by atoms with Crippen molar-refractivity contribution in [2.24, 2.45) is 4.99 Å². The lowest BCUT2D eigenvalue weighted by Gasteiger charge is -2.27. The second kappa shape index (κ2) is 13.5. The van der Waals surface area contributed by atoms with Crippen LogP contribution >= 0.6 is 11.8 Å². The standard InChI is InChI=1S/C33H38N4O3S/c1-7-36(23(4)5)27-17-15-26(16-18-27)34-31(38)21-41-33-35-30(19-24-11-13-25(14-12-24)22(2)3)32(39)37(33)28-9-8-10-29(20-28)40-6/h8-20,22-23H,7,21H2,1-6H3,(H,34,38). The summed E-state index contributed by atoms with van der Waals surface area (Å²) in [4.78, 5) is 35.0. The van der Waals surface area contributed by atoms with Crippen molar-refractivity contribution in [1.82, 2.24) is 0 Å². The van der Waals surface area contributed by atoms with Gasteiger partial charge in [0.25, 0.3) is 5.91 Å². The highest BCUT2D eigenvalue weighted by molar-refractivity contribution is 8.14. The van der Waals surface area contributed by atoms with E-state index in [0.717, 1.165) is 23.5 Å². The van der Waals surface area contributed by atoms with Gasteiger partial charge in [-0.3, -0.25) is 14.5 Å². The molecule has 7 nitrogen and oxygen atoms in total. The average molecular weight is 571 g/mol. The topological polar surface area (TPSA) is 74.2 Å². The van der Waals surface area contributed by atoms with Crippen LogP contribution in [0.25, 0.3) is 6.08 Å². The molecule has 0 saturated heterocycles. The number of hydrogen-bond donors (Lipinski definition) is 1. The van der Waals surface area contributed by atoms with Crippen LogP contribution in [0.1, 0.15) is 51.7 Å². The van der Waals surface area contributed by atoms with Crippen molar-refractivity contribution in [1.29, 1.82) is 0 Å². The zero-order valence-corrected chi connectivity index (χ0v) is 25.4. The molecule has 1 aliphatic rings. The number of nitrogens with one attached hydrogen (secondary N) is 1. The number of rotatable bonds is 10. The lowest BCUT2D eigenvalue weighted by atomic mass is 10.0. The fourth-order valence-electron chi connectivity index (χ4n) is 4.61. The van der Waals surface area contributed by atoms with Gasteiger partial charge < -0.3 is 15.0 Å². The van der Waals surface area contributed by atoms with Crippen LogP contribution in [0.3, 0.4) is 0 Å². The van der Waals surface area contributed by atoms with Gasteiger partial charge in [0.15, 0.2) is 5.17 Å². The van der Waals surface area contributed by atoms with Gasteiger partial charge in [-0.2, -0.15) is 0 Å². The summed E-state index contributed by atoms with van der Waals surface area (Å²) in [6.07, 6.45) is 1.78. The molecule has 3 aromatic carbocycles. The molecule has 0 saturated carbocycles. The van der Waals surface area contributed by atoms with Crippen molar-refractivity contribution in [3.8, 4) is 5.75 Å². The molecule has 41 heavy (non-hydrogen) atoms. The van der Waals surface area contributed by atoms with Crippen molar-refractivity contribution < 1.29 is 14.3 Å². The first-order valence-electron chi connectivity index (χ1n) is 13.9. The summed E-state index contributed by atoms with van der Waals surface area (Å²) in [5.74, 6) is 0.709. The minimum atomic E-state index is -0.254. The van der Waals surface area contributed by atoms with Gasteiger partial charge in [0, 0.05) is 30.0 Å². The van der Waals surface area contributed by atoms with Gasteiger partial charge in [-0.05, 0) is 80.3 Å². The Balaban J connectivity index is 1.52. The quantitative estimate of drug-likeness (QED) is 0.262. The Kier molecular flexibility index (Phi) is 9.89. The maximum absolute atomic E-state index is 13.6. The molecule has 1 heterocycles. The number of thioether (sulfide) groups is 1. The number of amides is 2. The maximum atomic E-state index is 13.6. The van der Waals surface area contributed by atoms with Gasteiger partial charge in [0.05, 0.1) is 18.6 Å². The zero-order valence-electron chi connectivity index (χ0n) is 24.5. The van der Waals surface area contributed by atoms with Crippen LogP contribution in [0.5, 0.6) is 5.75 Å². The van der Waals surface area contributed by atoms with Crippen molar-refractivity contribution >= 4 is 51.9 Å². The van der Waals surface area contributed by atoms with E-state index in [0.29, 0.717) is 34.3 Å². The molecular formula is C33H38N4O3S. The van der Waals surface area contributed by atoms with Crippen molar-refractivity contribution in [3.63, 3.8) is 0 Å². The summed E-state index contributed by atoms with van der Waals surface area (Å²) in [5.41, 5.74) is 4.89. The van der Waals surface area contributed by atoms with Crippen LogP contribution in [0.4, 0.5) is 17.1 Å². The lowest BCUT2D eigenvalue weighted by molar-refractivity contribution is -0.114. The molecule has 214 valence electrons. The van der Waals surface area contributed by atoms with E-state index in [2.05, 4.69) is 62.0 Å². The second-order valence-electron chi connectivity index (χ2n) is 10.4. The monoisotopic (exact) mass is 570 g/mol. The largest absolute Gasteiger partial charge is 0.497 e. The van der Waals surface area contributed by atoms with Gasteiger partial charge in [-0.15, -0.1) is 0 Å². The molecule has 4 rings (SSSR count). The number of benzene rings is 3. The SMILES string of the molecule is CCN(c1ccc(NC(=O)CSC2=NC(=Cc3ccc(C(C)C)cc3)C(=O)N2c2cccc(OC)c2)cc1)C(C)C. The van der Waals surface area contributed by atoms with E-state index >= 15 is 0 Å². The number of hydrogen-bond acceptors (Lipinski definition) is 6. The Morgan fingerprint density at radius 3 is 2.37 bits per heavy atom. The Morgan fingerprint density at radius 2 is 1.76 bits per heavy atom. The predicted octanol–water partition coefficient (Wildman–Crippen LogP) is 7.17. The number of nitrogens with zero attached hydrogens (tertiary/aromatic N) is 3. The number of ether oxygens (including phenoxy) is 1. The van der Waals surface area contributed by atoms with Crippen LogP contribution in [0.2, 0.25) is 0 Å². The second-order valence-corrected chi connectivity index (χ2v) is 11.3. The van der Waals surface area contributed by atoms with Crippen molar-refractivity contribution in [2.45, 2.75) is 46.6 Å². The van der Waals surface area contributed by atoms with Gasteiger partial charge in [0.1, 0.15) is 11.4 Å². The third-order valence-corrected chi connectivity index (χ3v) is 7.77. The van der Waals surface area contributed by atoms with Crippen LogP contribution in [-0.2, 0) is 9.59 Å². The number of methoxy groups -OCH3 is 1. The molecule has 1 N–H and O–H groups in total. The minimum Gasteiger partial charge on any atom is -0.497 e. The molecule has 0 aliphatic carbocycles. The molecule has 0 aromatic heterocycles. The van der Waals surface area contributed by atoms with Crippen LogP contribution < -0.4 is 19.9 Å². The zero-order chi connectivity index (χ0) is 29.5. The van der Waals surface area contributed by atoms with Gasteiger partial charge in [-0.25, -0.2) is 4.99 Å². The first-order valence-corrected chi connectivity index (χ1v) is 14.9. The number of carbonyl (C=O) groups is 2. The molecular weight excluding hydrogens is 532 g/mol. The third-order valence-electron chi connectivity index (χ3n) is 6.83. The summed E-state index contributed by atoms with van der Waals surface area (Å²) in [5, 5.41) is 3.40. The molecule has 0 spiro atoms. The third kappa shape index (κ3) is 7.38. The molecule has 1 aliphatic heterocycles. The molecule has 0 radical (unpaired) electrons. The molecule has 0 bridgehead atoms. The highest BCUT2D eigenvalue weighted by atomic mass is 32.2. The number of aliphatic imine (C=N–C) groups is 1. The fraction of sp³-hybridized carbons (Fsp3) is 0.303. The first-order chi connectivity index (χ1) is 19.7. The average Bonchev–Trinajstić information content (AvgIpc) is 3.27. The summed E-state index contributed by atoms with van der Waals surface area (Å²) in [6, 6.07) is 23.6. The Labute approximate surface area is 247 Å². The molecule has 2 amide bonds. The van der Waals surface area contributed by atoms with Gasteiger partial charge in [0.2, 0.25) is 5.91 Å². The number of carbonyl (C=O) groups excluding carboxylic acids is 2. The van der Waals surface area contributed by atoms with Gasteiger partial charge >= 0.3 is 0 Å². The van der Waals surface area contributed by atoms with Crippen molar-refractivity contribution in [3.05, 3.63) is 89.6 Å². The van der Waals surface area contributed by atoms with Crippen LogP contribution in [0.15, 0.2) is 83.5 Å². The van der Waals surface area contributed by atoms with E-state index in [4.69, 9.17) is 4.74 Å². The minimum absolute atomic E-state index is 0.0950. The predicted molar refractivity (Wildman–Crippen MR) is 172 cm³/mol. The summed E-state index contributed by atoms with van der Waals surface area (Å²) >= 11 is 1.22. The summed E-state index contributed by atoms with van der Waals surface area (Å²) < 4.78 is 5.38. The Bertz CT molecular complexity index is 1430. The number of anilines is 3. The molecule has 0 unspecified atom stereocenters. The molecule has 0 fully saturated rings. The smallest absolute Gasteiger partial charge is 0.283 e. The van der Waals surface area contributed by atoms with E-state index in [1.165, 1.54) is 22.2 Å². The van der Waals surface area contributed by atoms with E-state index in [1.807, 2.05) is 54.6 Å². The Hall–Kier alpha value is -4.04. The van der Waals surface area contributed by atoms with E-state index in [9.17, 15) is 9.59 Å². The summed E-state index contributed by atoms with van der Waals surface area (Å²) in [6.45, 7) is 11.6. The lowest BCUT2D eigenvalue weighted by Crippen LogP contribution is -2.31. The first kappa shape index (κ1) is 29.9. The Morgan fingerprint density at radius 1 is 1.05 bits per heavy atom. The highest BCUT2D eigenvalue weighted by Crippen LogP contribution is 2.32. The molecule has 8 heteroatoms. The van der Waals surface area contributed by atoms with E-state index in [1.54, 1.807) is 19.3 Å². The van der Waals surface area contributed by atoms with Crippen molar-refractivity contribution in [2.75, 3.05) is 34.5 Å². The maximum Gasteiger partial charge on any atom is 0.283 e. The van der Waals surface area contributed by atoms with E-state index in [-0.39, 0.29) is 17.6 Å². The normalized spacial score (nSPS) is 14.1. The summed E-state index contributed by atoms with van der Waals surface area (Å²) in [7, 11) is 1.58. The fourth-order valence-corrected chi connectivity index (χ4v) is 5.43. The number of amidine groups is 1. The highest BCUT2D eigenvalue weighted by Gasteiger charge is 2.32. The van der Waals surface area contributed by atoms with Crippen LogP contribution in [0, 0.1) is 0 Å². The van der Waals surface area contributed by atoms with E-state index < -0.39 is 0 Å². The molecule has 3 aromatic rings. The van der Waals surface area contributed by atoms with Crippen LogP contribution in [-0.4, -0.2) is 42.4 Å².